The SMILES string of the molecule is CSc1cccc(-c2cc3c(-c4cnn(C5CCN(C(C)=O)CC5)c4)cnc(N)c3o2)c1. The molecule has 1 aliphatic heterocycles. The van der Waals surface area contributed by atoms with Gasteiger partial charge in [-0.15, -0.1) is 11.8 Å². The number of benzene rings is 1. The summed E-state index contributed by atoms with van der Waals surface area (Å²) in [5.74, 6) is 1.28. The molecule has 2 N–H and O–H groups in total. The summed E-state index contributed by atoms with van der Waals surface area (Å²) in [6.07, 6.45) is 9.57. The Morgan fingerprint density at radius 3 is 2.75 bits per heavy atom. The van der Waals surface area contributed by atoms with E-state index in [1.807, 2.05) is 34.0 Å². The number of likely N-dealkylation sites (tertiary alicyclic amines) is 1. The average Bonchev–Trinajstić information content (AvgIpc) is 3.48. The minimum absolute atomic E-state index is 0.138. The number of nitrogens with zero attached hydrogens (tertiary/aromatic N) is 4. The van der Waals surface area contributed by atoms with Gasteiger partial charge in [-0.2, -0.15) is 5.10 Å². The van der Waals surface area contributed by atoms with E-state index in [-0.39, 0.29) is 11.9 Å². The summed E-state index contributed by atoms with van der Waals surface area (Å²) in [6.45, 7) is 3.16. The van der Waals surface area contributed by atoms with Crippen LogP contribution in [0.3, 0.4) is 0 Å². The van der Waals surface area contributed by atoms with Crippen molar-refractivity contribution in [2.75, 3.05) is 25.1 Å². The number of thioether (sulfide) groups is 1. The Labute approximate surface area is 190 Å². The van der Waals surface area contributed by atoms with Gasteiger partial charge < -0.3 is 15.1 Å². The second kappa shape index (κ2) is 8.35. The van der Waals surface area contributed by atoms with E-state index >= 15 is 0 Å². The molecule has 0 unspecified atom stereocenters. The van der Waals surface area contributed by atoms with Gasteiger partial charge in [0.2, 0.25) is 5.91 Å². The molecule has 1 fully saturated rings. The van der Waals surface area contributed by atoms with Gasteiger partial charge in [0.1, 0.15) is 5.76 Å². The van der Waals surface area contributed by atoms with Crippen molar-refractivity contribution in [3.8, 4) is 22.5 Å². The molecule has 3 aromatic heterocycles. The van der Waals surface area contributed by atoms with Crippen LogP contribution in [-0.2, 0) is 4.79 Å². The molecule has 4 heterocycles. The molecule has 164 valence electrons. The van der Waals surface area contributed by atoms with Crippen LogP contribution in [0.1, 0.15) is 25.8 Å². The zero-order valence-corrected chi connectivity index (χ0v) is 18.9. The molecule has 8 heteroatoms. The van der Waals surface area contributed by atoms with Crippen molar-refractivity contribution in [1.29, 1.82) is 0 Å². The molecule has 4 aromatic rings. The first-order valence-electron chi connectivity index (χ1n) is 10.7. The normalized spacial score (nSPS) is 14.9. The van der Waals surface area contributed by atoms with Gasteiger partial charge in [-0.25, -0.2) is 4.98 Å². The number of fused-ring (bicyclic) bond motifs is 1. The number of nitrogen functional groups attached to an aromatic ring is 1. The predicted octanol–water partition coefficient (Wildman–Crippen LogP) is 4.85. The number of piperidine rings is 1. The van der Waals surface area contributed by atoms with Crippen LogP contribution in [0, 0.1) is 0 Å². The van der Waals surface area contributed by atoms with Gasteiger partial charge in [0.25, 0.3) is 0 Å². The van der Waals surface area contributed by atoms with Crippen LogP contribution in [0.4, 0.5) is 5.82 Å². The smallest absolute Gasteiger partial charge is 0.219 e. The van der Waals surface area contributed by atoms with Crippen LogP contribution in [0.15, 0.2) is 58.2 Å². The Morgan fingerprint density at radius 1 is 1.19 bits per heavy atom. The van der Waals surface area contributed by atoms with Gasteiger partial charge in [-0.05, 0) is 37.3 Å². The summed E-state index contributed by atoms with van der Waals surface area (Å²) < 4.78 is 8.15. The number of furan rings is 1. The summed E-state index contributed by atoms with van der Waals surface area (Å²) in [5.41, 5.74) is 9.66. The number of carbonyl (C=O) groups is 1. The fourth-order valence-corrected chi connectivity index (χ4v) is 4.77. The summed E-state index contributed by atoms with van der Waals surface area (Å²) >= 11 is 1.69. The van der Waals surface area contributed by atoms with Crippen molar-refractivity contribution in [3.63, 3.8) is 0 Å². The molecule has 0 saturated carbocycles. The summed E-state index contributed by atoms with van der Waals surface area (Å²) in [5, 5.41) is 5.55. The van der Waals surface area contributed by atoms with Crippen LogP contribution in [0.2, 0.25) is 0 Å². The van der Waals surface area contributed by atoms with E-state index in [1.54, 1.807) is 24.9 Å². The van der Waals surface area contributed by atoms with Gasteiger partial charge >= 0.3 is 0 Å². The number of aromatic nitrogens is 3. The van der Waals surface area contributed by atoms with E-state index in [0.717, 1.165) is 53.8 Å². The zero-order valence-electron chi connectivity index (χ0n) is 18.1. The van der Waals surface area contributed by atoms with Gasteiger partial charge in [-0.3, -0.25) is 9.48 Å². The molecule has 7 nitrogen and oxygen atoms in total. The minimum atomic E-state index is 0.138. The van der Waals surface area contributed by atoms with E-state index in [0.29, 0.717) is 11.4 Å². The van der Waals surface area contributed by atoms with Crippen molar-refractivity contribution in [2.24, 2.45) is 0 Å². The van der Waals surface area contributed by atoms with Crippen LogP contribution in [0.5, 0.6) is 0 Å². The Bertz CT molecular complexity index is 1290. The lowest BCUT2D eigenvalue weighted by atomic mass is 10.0. The van der Waals surface area contributed by atoms with Crippen LogP contribution in [0.25, 0.3) is 33.4 Å². The van der Waals surface area contributed by atoms with Crippen LogP contribution >= 0.6 is 11.8 Å². The summed E-state index contributed by atoms with van der Waals surface area (Å²) in [6, 6.07) is 10.6. The number of anilines is 1. The monoisotopic (exact) mass is 447 g/mol. The fourth-order valence-electron chi connectivity index (χ4n) is 4.31. The van der Waals surface area contributed by atoms with Gasteiger partial charge in [-0.1, -0.05) is 12.1 Å². The van der Waals surface area contributed by atoms with Crippen molar-refractivity contribution in [3.05, 3.63) is 48.9 Å². The summed E-state index contributed by atoms with van der Waals surface area (Å²) in [4.78, 5) is 19.0. The third kappa shape index (κ3) is 3.75. The summed E-state index contributed by atoms with van der Waals surface area (Å²) in [7, 11) is 0. The maximum absolute atomic E-state index is 11.6. The molecule has 1 aliphatic rings. The Hall–Kier alpha value is -3.26. The third-order valence-corrected chi connectivity index (χ3v) is 6.86. The molecule has 0 spiro atoms. The highest BCUT2D eigenvalue weighted by atomic mass is 32.2. The quantitative estimate of drug-likeness (QED) is 0.450. The minimum Gasteiger partial charge on any atom is -0.452 e. The molecule has 1 aromatic carbocycles. The highest BCUT2D eigenvalue weighted by Gasteiger charge is 2.23. The third-order valence-electron chi connectivity index (χ3n) is 6.14. The molecular weight excluding hydrogens is 422 g/mol. The molecule has 0 atom stereocenters. The number of nitrogens with two attached hydrogens (primary N) is 1. The first kappa shape index (κ1) is 20.6. The van der Waals surface area contributed by atoms with E-state index < -0.39 is 0 Å². The lowest BCUT2D eigenvalue weighted by Crippen LogP contribution is -2.37. The molecule has 5 rings (SSSR count). The molecule has 1 saturated heterocycles. The van der Waals surface area contributed by atoms with Gasteiger partial charge in [0, 0.05) is 59.4 Å². The van der Waals surface area contributed by atoms with Crippen molar-refractivity contribution in [2.45, 2.75) is 30.7 Å². The molecule has 0 bridgehead atoms. The number of pyridine rings is 1. The lowest BCUT2D eigenvalue weighted by Gasteiger charge is -2.31. The molecule has 0 aliphatic carbocycles. The Kier molecular flexibility index (Phi) is 5.38. The number of hydrogen-bond donors (Lipinski definition) is 1. The second-order valence-electron chi connectivity index (χ2n) is 8.09. The van der Waals surface area contributed by atoms with E-state index in [9.17, 15) is 4.79 Å². The topological polar surface area (TPSA) is 90.2 Å². The maximum atomic E-state index is 11.6. The van der Waals surface area contributed by atoms with Crippen LogP contribution in [-0.4, -0.2) is 44.9 Å². The zero-order chi connectivity index (χ0) is 22.2. The van der Waals surface area contributed by atoms with E-state index in [4.69, 9.17) is 10.2 Å². The van der Waals surface area contributed by atoms with Crippen molar-refractivity contribution >= 4 is 34.5 Å². The number of rotatable bonds is 4. The fraction of sp³-hybridized carbons (Fsp3) is 0.292. The van der Waals surface area contributed by atoms with E-state index in [2.05, 4.69) is 34.7 Å². The highest BCUT2D eigenvalue weighted by molar-refractivity contribution is 7.98. The second-order valence-corrected chi connectivity index (χ2v) is 8.97. The maximum Gasteiger partial charge on any atom is 0.219 e. The number of amides is 1. The first-order valence-corrected chi connectivity index (χ1v) is 11.9. The van der Waals surface area contributed by atoms with Gasteiger partial charge in [0.15, 0.2) is 11.4 Å². The molecule has 1 amide bonds. The first-order chi connectivity index (χ1) is 15.5. The van der Waals surface area contributed by atoms with Crippen molar-refractivity contribution < 1.29 is 9.21 Å². The Balaban J connectivity index is 1.48. The van der Waals surface area contributed by atoms with E-state index in [1.165, 1.54) is 4.90 Å². The highest BCUT2D eigenvalue weighted by Crippen LogP contribution is 2.37. The van der Waals surface area contributed by atoms with Crippen molar-refractivity contribution in [1.82, 2.24) is 19.7 Å². The number of hydrogen-bond acceptors (Lipinski definition) is 6. The van der Waals surface area contributed by atoms with Crippen LogP contribution < -0.4 is 5.73 Å². The Morgan fingerprint density at radius 2 is 2.00 bits per heavy atom. The standard InChI is InChI=1S/C24H25N5O2S/c1-15(30)28-8-6-18(7-9-28)29-14-17(12-27-29)21-13-26-24(25)23-20(21)11-22(31-23)16-4-3-5-19(10-16)32-2/h3-5,10-14,18H,6-9H2,1-2H3,(H2,25,26). The predicted molar refractivity (Wildman–Crippen MR) is 127 cm³/mol. The molecule has 32 heavy (non-hydrogen) atoms. The van der Waals surface area contributed by atoms with Gasteiger partial charge in [0.05, 0.1) is 12.2 Å². The average molecular weight is 448 g/mol. The lowest BCUT2D eigenvalue weighted by molar-refractivity contribution is -0.130. The molecule has 0 radical (unpaired) electrons. The molecular formula is C24H25N5O2S. The number of carbonyl (C=O) groups excluding carboxylic acids is 1. The largest absolute Gasteiger partial charge is 0.452 e.